The quantitative estimate of drug-likeness (QED) is 0.775. The number of ether oxygens (including phenoxy) is 4. The number of hydrogen-bond donors (Lipinski definition) is 0. The third-order valence-corrected chi connectivity index (χ3v) is 3.97. The number of benzene rings is 1. The van der Waals surface area contributed by atoms with Gasteiger partial charge in [-0.15, -0.1) is 0 Å². The first-order chi connectivity index (χ1) is 10.8. The first-order valence-electron chi connectivity index (χ1n) is 7.56. The summed E-state index contributed by atoms with van der Waals surface area (Å²) >= 11 is 0. The van der Waals surface area contributed by atoms with Crippen molar-refractivity contribution in [3.8, 4) is 17.2 Å². The number of hydrogen-bond acceptors (Lipinski definition) is 6. The highest BCUT2D eigenvalue weighted by Gasteiger charge is 2.36. The summed E-state index contributed by atoms with van der Waals surface area (Å²) in [5.74, 6) is 0.935. The van der Waals surface area contributed by atoms with E-state index in [1.54, 1.807) is 12.1 Å². The van der Waals surface area contributed by atoms with Gasteiger partial charge in [-0.3, -0.25) is 4.90 Å². The van der Waals surface area contributed by atoms with Crippen LogP contribution in [-0.2, 0) is 4.74 Å². The van der Waals surface area contributed by atoms with Crippen LogP contribution >= 0.6 is 0 Å². The van der Waals surface area contributed by atoms with Crippen LogP contribution in [0.25, 0.3) is 0 Å². The molecule has 1 aromatic carbocycles. The maximum absolute atomic E-state index is 12.3. The van der Waals surface area contributed by atoms with E-state index < -0.39 is 0 Å². The minimum atomic E-state index is -0.386. The van der Waals surface area contributed by atoms with E-state index >= 15 is 0 Å². The molecule has 0 atom stereocenters. The van der Waals surface area contributed by atoms with Gasteiger partial charge in [0.05, 0.1) is 26.9 Å². The van der Waals surface area contributed by atoms with E-state index in [0.717, 1.165) is 13.1 Å². The predicted molar refractivity (Wildman–Crippen MR) is 86.6 cm³/mol. The third-order valence-electron chi connectivity index (χ3n) is 3.97. The monoisotopic (exact) mass is 323 g/mol. The Labute approximate surface area is 137 Å². The molecule has 0 amide bonds. The van der Waals surface area contributed by atoms with E-state index in [-0.39, 0.29) is 17.6 Å². The molecule has 0 radical (unpaired) electrons. The third kappa shape index (κ3) is 3.69. The summed E-state index contributed by atoms with van der Waals surface area (Å²) in [7, 11) is 4.55. The Morgan fingerprint density at radius 3 is 1.96 bits per heavy atom. The first-order valence-corrected chi connectivity index (χ1v) is 7.56. The molecule has 1 aliphatic rings. The summed E-state index contributed by atoms with van der Waals surface area (Å²) in [5, 5.41) is 0. The first kappa shape index (κ1) is 17.4. The molecule has 1 aromatic rings. The van der Waals surface area contributed by atoms with Crippen LogP contribution in [0, 0.1) is 0 Å². The topological polar surface area (TPSA) is 57.2 Å². The molecule has 1 saturated heterocycles. The lowest BCUT2D eigenvalue weighted by Crippen LogP contribution is -2.60. The van der Waals surface area contributed by atoms with Crippen LogP contribution in [0.5, 0.6) is 17.2 Å². The van der Waals surface area contributed by atoms with E-state index in [9.17, 15) is 4.79 Å². The molecule has 2 rings (SSSR count). The molecule has 0 saturated carbocycles. The van der Waals surface area contributed by atoms with Crippen LogP contribution in [0.4, 0.5) is 0 Å². The van der Waals surface area contributed by atoms with Crippen LogP contribution < -0.4 is 14.2 Å². The molecule has 6 nitrogen and oxygen atoms in total. The van der Waals surface area contributed by atoms with Gasteiger partial charge in [0.2, 0.25) is 5.75 Å². The molecule has 0 N–H and O–H groups in total. The molecule has 0 bridgehead atoms. The molecule has 128 valence electrons. The smallest absolute Gasteiger partial charge is 0.338 e. The predicted octanol–water partition coefficient (Wildman–Crippen LogP) is 2.35. The standard InChI is InChI=1S/C17H25NO5/c1-17(2,3)18-9-12(10-18)23-16(19)11-7-13(20-4)15(22-6)14(8-11)21-5/h7-8,12H,9-10H2,1-6H3. The number of likely N-dealkylation sites (tertiary alicyclic amines) is 1. The van der Waals surface area contributed by atoms with Gasteiger partial charge in [-0.1, -0.05) is 0 Å². The summed E-state index contributed by atoms with van der Waals surface area (Å²) in [6, 6.07) is 3.20. The SMILES string of the molecule is COc1cc(C(=O)OC2CN(C(C)(C)C)C2)cc(OC)c1OC. The number of carbonyl (C=O) groups excluding carboxylic acids is 1. The van der Waals surface area contributed by atoms with Crippen molar-refractivity contribution in [1.29, 1.82) is 0 Å². The zero-order valence-corrected chi connectivity index (χ0v) is 14.6. The van der Waals surface area contributed by atoms with E-state index in [2.05, 4.69) is 25.7 Å². The van der Waals surface area contributed by atoms with E-state index in [4.69, 9.17) is 18.9 Å². The van der Waals surface area contributed by atoms with E-state index in [1.165, 1.54) is 21.3 Å². The minimum absolute atomic E-state index is 0.0826. The molecule has 1 fully saturated rings. The van der Waals surface area contributed by atoms with Gasteiger partial charge in [0.1, 0.15) is 6.10 Å². The number of nitrogens with zero attached hydrogens (tertiary/aromatic N) is 1. The van der Waals surface area contributed by atoms with Gasteiger partial charge in [0.15, 0.2) is 11.5 Å². The number of carbonyl (C=O) groups is 1. The summed E-state index contributed by atoms with van der Waals surface area (Å²) in [6.45, 7) is 7.93. The highest BCUT2D eigenvalue weighted by atomic mass is 16.6. The number of rotatable bonds is 5. The Bertz CT molecular complexity index is 548. The highest BCUT2D eigenvalue weighted by Crippen LogP contribution is 2.38. The maximum atomic E-state index is 12.3. The summed E-state index contributed by atoms with van der Waals surface area (Å²) in [5.41, 5.74) is 0.476. The zero-order chi connectivity index (χ0) is 17.2. The fourth-order valence-corrected chi connectivity index (χ4v) is 2.48. The van der Waals surface area contributed by atoms with Crippen LogP contribution in [0.15, 0.2) is 12.1 Å². The largest absolute Gasteiger partial charge is 0.493 e. The second kappa shape index (κ2) is 6.66. The Kier molecular flexibility index (Phi) is 5.04. The van der Waals surface area contributed by atoms with E-state index in [1.807, 2.05) is 0 Å². The van der Waals surface area contributed by atoms with Gasteiger partial charge in [0.25, 0.3) is 0 Å². The molecule has 0 unspecified atom stereocenters. The van der Waals surface area contributed by atoms with Crippen molar-refractivity contribution in [2.24, 2.45) is 0 Å². The van der Waals surface area contributed by atoms with Gasteiger partial charge in [-0.2, -0.15) is 0 Å². The van der Waals surface area contributed by atoms with Crippen LogP contribution in [-0.4, -0.2) is 56.9 Å². The molecule has 0 aliphatic carbocycles. The normalized spacial score (nSPS) is 15.7. The van der Waals surface area contributed by atoms with Crippen LogP contribution in [0.1, 0.15) is 31.1 Å². The summed E-state index contributed by atoms with van der Waals surface area (Å²) < 4.78 is 21.3. The van der Waals surface area contributed by atoms with Crippen molar-refractivity contribution in [3.63, 3.8) is 0 Å². The molecule has 1 aliphatic heterocycles. The van der Waals surface area contributed by atoms with Crippen molar-refractivity contribution in [3.05, 3.63) is 17.7 Å². The molecule has 0 aromatic heterocycles. The van der Waals surface area contributed by atoms with Crippen molar-refractivity contribution >= 4 is 5.97 Å². The fourth-order valence-electron chi connectivity index (χ4n) is 2.48. The Hall–Kier alpha value is -1.95. The minimum Gasteiger partial charge on any atom is -0.493 e. The van der Waals surface area contributed by atoms with Gasteiger partial charge in [-0.25, -0.2) is 4.79 Å². The second-order valence-electron chi connectivity index (χ2n) is 6.52. The lowest BCUT2D eigenvalue weighted by atomic mass is 9.99. The summed E-state index contributed by atoms with van der Waals surface area (Å²) in [4.78, 5) is 14.6. The van der Waals surface area contributed by atoms with Gasteiger partial charge in [-0.05, 0) is 32.9 Å². The highest BCUT2D eigenvalue weighted by molar-refractivity contribution is 5.91. The van der Waals surface area contributed by atoms with Gasteiger partial charge >= 0.3 is 5.97 Å². The fraction of sp³-hybridized carbons (Fsp3) is 0.588. The average molecular weight is 323 g/mol. The summed E-state index contributed by atoms with van der Waals surface area (Å²) in [6.07, 6.45) is -0.0826. The second-order valence-corrected chi connectivity index (χ2v) is 6.52. The van der Waals surface area contributed by atoms with Crippen LogP contribution in [0.3, 0.4) is 0 Å². The van der Waals surface area contributed by atoms with Crippen molar-refractivity contribution in [2.75, 3.05) is 34.4 Å². The Balaban J connectivity index is 2.09. The van der Waals surface area contributed by atoms with Gasteiger partial charge < -0.3 is 18.9 Å². The van der Waals surface area contributed by atoms with Crippen molar-refractivity contribution in [2.45, 2.75) is 32.4 Å². The Morgan fingerprint density at radius 2 is 1.57 bits per heavy atom. The van der Waals surface area contributed by atoms with Crippen molar-refractivity contribution < 1.29 is 23.7 Å². The average Bonchev–Trinajstić information content (AvgIpc) is 2.47. The molecule has 1 heterocycles. The lowest BCUT2D eigenvalue weighted by molar-refractivity contribution is -0.0645. The maximum Gasteiger partial charge on any atom is 0.338 e. The Morgan fingerprint density at radius 1 is 1.04 bits per heavy atom. The van der Waals surface area contributed by atoms with Crippen LogP contribution in [0.2, 0.25) is 0 Å². The lowest BCUT2D eigenvalue weighted by Gasteiger charge is -2.46. The molecular weight excluding hydrogens is 298 g/mol. The number of esters is 1. The molecule has 0 spiro atoms. The van der Waals surface area contributed by atoms with E-state index in [0.29, 0.717) is 22.8 Å². The molecular formula is C17H25NO5. The molecule has 6 heteroatoms. The van der Waals surface area contributed by atoms with Crippen molar-refractivity contribution in [1.82, 2.24) is 4.90 Å². The number of methoxy groups -OCH3 is 3. The molecule has 23 heavy (non-hydrogen) atoms. The van der Waals surface area contributed by atoms with Gasteiger partial charge in [0, 0.05) is 18.6 Å². The zero-order valence-electron chi connectivity index (χ0n) is 14.6.